The largest absolute Gasteiger partial charge is 0.465 e. The molecule has 0 fully saturated rings. The van der Waals surface area contributed by atoms with E-state index >= 15 is 0 Å². The Morgan fingerprint density at radius 1 is 1.11 bits per heavy atom. The number of terminal acetylenes is 1. The molecule has 0 radical (unpaired) electrons. The fourth-order valence-corrected chi connectivity index (χ4v) is 1.56. The summed E-state index contributed by atoms with van der Waals surface area (Å²) in [6, 6.07) is 13.9. The molecule has 0 unspecified atom stereocenters. The van der Waals surface area contributed by atoms with Crippen LogP contribution in [0.1, 0.15) is 15.9 Å². The van der Waals surface area contributed by atoms with Crippen molar-refractivity contribution >= 4 is 5.97 Å². The summed E-state index contributed by atoms with van der Waals surface area (Å²) in [5.74, 6) is 3.36. The summed E-state index contributed by atoms with van der Waals surface area (Å²) >= 11 is 0. The highest BCUT2D eigenvalue weighted by Crippen LogP contribution is 2.22. The zero-order valence-corrected chi connectivity index (χ0v) is 10.4. The molecule has 0 aliphatic carbocycles. The van der Waals surface area contributed by atoms with Gasteiger partial charge in [0.2, 0.25) is 0 Å². The first-order valence-electron chi connectivity index (χ1n) is 5.66. The van der Waals surface area contributed by atoms with Crippen molar-refractivity contribution in [1.29, 1.82) is 0 Å². The standard InChI is InChI=1S/C16H12O3/c1-3-12-7-9-14(10-8-12)19-15-6-4-5-13(11-15)16(17)18-2/h1,4-11H,2H3. The van der Waals surface area contributed by atoms with Gasteiger partial charge in [0.05, 0.1) is 12.7 Å². The summed E-state index contributed by atoms with van der Waals surface area (Å²) in [6.45, 7) is 0. The van der Waals surface area contributed by atoms with Gasteiger partial charge in [0, 0.05) is 5.56 Å². The maximum atomic E-state index is 11.4. The Bertz CT molecular complexity index is 621. The van der Waals surface area contributed by atoms with E-state index in [1.54, 1.807) is 48.5 Å². The van der Waals surface area contributed by atoms with Crippen LogP contribution in [0.3, 0.4) is 0 Å². The molecule has 2 rings (SSSR count). The number of hydrogen-bond donors (Lipinski definition) is 0. The summed E-state index contributed by atoms with van der Waals surface area (Å²) in [7, 11) is 1.34. The first kappa shape index (κ1) is 12.7. The van der Waals surface area contributed by atoms with Crippen LogP contribution in [-0.4, -0.2) is 13.1 Å². The molecule has 0 saturated heterocycles. The average Bonchev–Trinajstić information content (AvgIpc) is 2.47. The second-order valence-electron chi connectivity index (χ2n) is 3.79. The number of carbonyl (C=O) groups is 1. The van der Waals surface area contributed by atoms with E-state index in [1.165, 1.54) is 7.11 Å². The molecule has 3 nitrogen and oxygen atoms in total. The third kappa shape index (κ3) is 3.14. The second kappa shape index (κ2) is 5.74. The molecule has 3 heteroatoms. The third-order valence-electron chi connectivity index (χ3n) is 2.51. The fraction of sp³-hybridized carbons (Fsp3) is 0.0625. The summed E-state index contributed by atoms with van der Waals surface area (Å²) in [5, 5.41) is 0. The molecule has 0 aliphatic rings. The lowest BCUT2D eigenvalue weighted by molar-refractivity contribution is 0.0600. The van der Waals surface area contributed by atoms with Gasteiger partial charge in [-0.3, -0.25) is 0 Å². The van der Waals surface area contributed by atoms with Crippen LogP contribution >= 0.6 is 0 Å². The Hall–Kier alpha value is -2.73. The van der Waals surface area contributed by atoms with Gasteiger partial charge >= 0.3 is 5.97 Å². The quantitative estimate of drug-likeness (QED) is 0.621. The zero-order valence-electron chi connectivity index (χ0n) is 10.4. The molecule has 0 amide bonds. The van der Waals surface area contributed by atoms with E-state index in [1.807, 2.05) is 0 Å². The molecule has 0 N–H and O–H groups in total. The highest BCUT2D eigenvalue weighted by Gasteiger charge is 2.06. The highest BCUT2D eigenvalue weighted by atomic mass is 16.5. The van der Waals surface area contributed by atoms with Crippen molar-refractivity contribution in [2.75, 3.05) is 7.11 Å². The summed E-state index contributed by atoms with van der Waals surface area (Å²) in [4.78, 5) is 11.4. The van der Waals surface area contributed by atoms with Crippen molar-refractivity contribution in [3.05, 3.63) is 59.7 Å². The lowest BCUT2D eigenvalue weighted by Crippen LogP contribution is -2.00. The van der Waals surface area contributed by atoms with Crippen LogP contribution in [0, 0.1) is 12.3 Å². The maximum Gasteiger partial charge on any atom is 0.337 e. The van der Waals surface area contributed by atoms with Gasteiger partial charge in [-0.25, -0.2) is 4.79 Å². The third-order valence-corrected chi connectivity index (χ3v) is 2.51. The van der Waals surface area contributed by atoms with Gasteiger partial charge in [0.15, 0.2) is 0 Å². The lowest BCUT2D eigenvalue weighted by Gasteiger charge is -2.07. The van der Waals surface area contributed by atoms with Crippen LogP contribution in [-0.2, 0) is 4.74 Å². The molecule has 2 aromatic rings. The molecule has 0 bridgehead atoms. The molecule has 0 heterocycles. The Labute approximate surface area is 111 Å². The number of ether oxygens (including phenoxy) is 2. The van der Waals surface area contributed by atoms with E-state index in [-0.39, 0.29) is 0 Å². The molecule has 19 heavy (non-hydrogen) atoms. The minimum atomic E-state index is -0.395. The summed E-state index contributed by atoms with van der Waals surface area (Å²) < 4.78 is 10.3. The Morgan fingerprint density at radius 2 is 1.84 bits per heavy atom. The topological polar surface area (TPSA) is 35.5 Å². The molecule has 0 atom stereocenters. The molecule has 0 aliphatic heterocycles. The Balaban J connectivity index is 2.18. The van der Waals surface area contributed by atoms with Crippen molar-refractivity contribution in [3.63, 3.8) is 0 Å². The van der Waals surface area contributed by atoms with Crippen LogP contribution in [0.2, 0.25) is 0 Å². The van der Waals surface area contributed by atoms with Crippen LogP contribution < -0.4 is 4.74 Å². The number of carbonyl (C=O) groups excluding carboxylic acids is 1. The number of esters is 1. The Morgan fingerprint density at radius 3 is 2.47 bits per heavy atom. The van der Waals surface area contributed by atoms with Crippen LogP contribution in [0.15, 0.2) is 48.5 Å². The number of hydrogen-bond acceptors (Lipinski definition) is 3. The first-order chi connectivity index (χ1) is 9.22. The van der Waals surface area contributed by atoms with Crippen LogP contribution in [0.5, 0.6) is 11.5 Å². The van der Waals surface area contributed by atoms with E-state index in [9.17, 15) is 4.79 Å². The molecule has 94 valence electrons. The monoisotopic (exact) mass is 252 g/mol. The van der Waals surface area contributed by atoms with Gasteiger partial charge in [-0.1, -0.05) is 12.0 Å². The molecular weight excluding hydrogens is 240 g/mol. The van der Waals surface area contributed by atoms with E-state index in [2.05, 4.69) is 10.7 Å². The predicted octanol–water partition coefficient (Wildman–Crippen LogP) is 3.25. The van der Waals surface area contributed by atoms with E-state index in [0.29, 0.717) is 17.1 Å². The van der Waals surface area contributed by atoms with E-state index in [4.69, 9.17) is 11.2 Å². The van der Waals surface area contributed by atoms with Gasteiger partial charge in [0.1, 0.15) is 11.5 Å². The second-order valence-corrected chi connectivity index (χ2v) is 3.79. The SMILES string of the molecule is C#Cc1ccc(Oc2cccc(C(=O)OC)c2)cc1. The molecule has 0 saturated carbocycles. The van der Waals surface area contributed by atoms with Gasteiger partial charge in [-0.2, -0.15) is 0 Å². The van der Waals surface area contributed by atoms with Gasteiger partial charge in [-0.05, 0) is 42.5 Å². The fourth-order valence-electron chi connectivity index (χ4n) is 1.56. The molecule has 2 aromatic carbocycles. The van der Waals surface area contributed by atoms with Gasteiger partial charge in [-0.15, -0.1) is 6.42 Å². The minimum absolute atomic E-state index is 0.395. The van der Waals surface area contributed by atoms with Crippen LogP contribution in [0.4, 0.5) is 0 Å². The first-order valence-corrected chi connectivity index (χ1v) is 5.66. The smallest absolute Gasteiger partial charge is 0.337 e. The molecule has 0 aromatic heterocycles. The maximum absolute atomic E-state index is 11.4. The Kier molecular flexibility index (Phi) is 3.84. The minimum Gasteiger partial charge on any atom is -0.465 e. The number of rotatable bonds is 3. The van der Waals surface area contributed by atoms with Crippen LogP contribution in [0.25, 0.3) is 0 Å². The number of methoxy groups -OCH3 is 1. The zero-order chi connectivity index (χ0) is 13.7. The number of benzene rings is 2. The van der Waals surface area contributed by atoms with Crippen molar-refractivity contribution in [2.45, 2.75) is 0 Å². The average molecular weight is 252 g/mol. The lowest BCUT2D eigenvalue weighted by atomic mass is 10.2. The van der Waals surface area contributed by atoms with Gasteiger partial charge in [0.25, 0.3) is 0 Å². The van der Waals surface area contributed by atoms with E-state index < -0.39 is 5.97 Å². The molecule has 0 spiro atoms. The van der Waals surface area contributed by atoms with Crippen molar-refractivity contribution < 1.29 is 14.3 Å². The normalized spacial score (nSPS) is 9.47. The molecular formula is C16H12O3. The summed E-state index contributed by atoms with van der Waals surface area (Å²) in [6.07, 6.45) is 5.28. The summed E-state index contributed by atoms with van der Waals surface area (Å²) in [5.41, 5.74) is 1.23. The van der Waals surface area contributed by atoms with Crippen molar-refractivity contribution in [3.8, 4) is 23.8 Å². The van der Waals surface area contributed by atoms with Crippen molar-refractivity contribution in [2.24, 2.45) is 0 Å². The van der Waals surface area contributed by atoms with Crippen molar-refractivity contribution in [1.82, 2.24) is 0 Å². The highest BCUT2D eigenvalue weighted by molar-refractivity contribution is 5.89. The predicted molar refractivity (Wildman–Crippen MR) is 72.2 cm³/mol. The van der Waals surface area contributed by atoms with E-state index in [0.717, 1.165) is 5.56 Å². The van der Waals surface area contributed by atoms with Gasteiger partial charge < -0.3 is 9.47 Å².